The van der Waals surface area contributed by atoms with Crippen LogP contribution in [0.4, 0.5) is 9.52 Å². The molecule has 41 heavy (non-hydrogen) atoms. The van der Waals surface area contributed by atoms with Crippen molar-refractivity contribution in [3.63, 3.8) is 0 Å². The number of nitrogens with zero attached hydrogens (tertiary/aromatic N) is 3. The van der Waals surface area contributed by atoms with Crippen LogP contribution in [0.1, 0.15) is 82.9 Å². The maximum atomic E-state index is 14.6. The van der Waals surface area contributed by atoms with Crippen molar-refractivity contribution in [2.75, 3.05) is 4.90 Å². The van der Waals surface area contributed by atoms with Crippen molar-refractivity contribution in [2.45, 2.75) is 89.7 Å². The number of piperidine rings is 1. The molecular formula is C31H32FN3O5S. The fraction of sp³-hybridized carbons (Fsp3) is 0.452. The van der Waals surface area contributed by atoms with E-state index in [0.717, 1.165) is 83.6 Å². The number of thiazole rings is 1. The van der Waals surface area contributed by atoms with Crippen LogP contribution in [0, 0.1) is 19.7 Å². The normalized spacial score (nSPS) is 22.0. The maximum Gasteiger partial charge on any atom is 0.335 e. The van der Waals surface area contributed by atoms with E-state index in [1.54, 1.807) is 0 Å². The molecule has 8 nitrogen and oxygen atoms in total. The van der Waals surface area contributed by atoms with E-state index in [-0.39, 0.29) is 29.3 Å². The van der Waals surface area contributed by atoms with Crippen molar-refractivity contribution in [3.05, 3.63) is 69.9 Å². The second kappa shape index (κ2) is 10.4. The van der Waals surface area contributed by atoms with E-state index in [1.807, 2.05) is 32.0 Å². The van der Waals surface area contributed by atoms with E-state index in [1.165, 1.54) is 17.4 Å². The zero-order valence-corrected chi connectivity index (χ0v) is 23.9. The standard InChI is InChI=1S/C31H32FN3O5S/c1-16-4-3-5-17(2)28(16)39-15-25-23(29(40-34-25)18-6-7-18)14-38-22-12-20-8-9-21(13-22)35(20)31-33-27-24(32)10-19(30(36)37)11-26(27)41-31/h3-5,10-11,18,20-22H,6-9,12-15H2,1-2H3,(H,36,37). The van der Waals surface area contributed by atoms with Gasteiger partial charge in [0.1, 0.15) is 29.3 Å². The molecule has 2 saturated heterocycles. The molecule has 3 fully saturated rings. The molecule has 3 aliphatic rings. The lowest BCUT2D eigenvalue weighted by atomic mass is 10.00. The number of hydrogen-bond acceptors (Lipinski definition) is 8. The number of anilines is 1. The fourth-order valence-electron chi connectivity index (χ4n) is 6.45. The Bertz CT molecular complexity index is 1600. The summed E-state index contributed by atoms with van der Waals surface area (Å²) in [6.45, 7) is 4.87. The number of hydrogen-bond donors (Lipinski definition) is 1. The molecule has 2 aliphatic heterocycles. The number of para-hydroxylation sites is 1. The molecule has 2 bridgehead atoms. The van der Waals surface area contributed by atoms with E-state index in [4.69, 9.17) is 14.0 Å². The number of carboxylic acids is 1. The second-order valence-electron chi connectivity index (χ2n) is 11.6. The molecule has 214 valence electrons. The number of aryl methyl sites for hydroxylation is 2. The van der Waals surface area contributed by atoms with E-state index in [9.17, 15) is 14.3 Å². The molecule has 1 saturated carbocycles. The summed E-state index contributed by atoms with van der Waals surface area (Å²) in [5.74, 6) is 0.493. The fourth-order valence-corrected chi connectivity index (χ4v) is 7.61. The maximum absolute atomic E-state index is 14.6. The third kappa shape index (κ3) is 4.97. The number of ether oxygens (including phenoxy) is 2. The average Bonchev–Trinajstić information content (AvgIpc) is 3.47. The van der Waals surface area contributed by atoms with Crippen LogP contribution in [0.25, 0.3) is 10.2 Å². The van der Waals surface area contributed by atoms with Crippen molar-refractivity contribution in [1.82, 2.24) is 10.1 Å². The topological polar surface area (TPSA) is 97.9 Å². The van der Waals surface area contributed by atoms with Crippen LogP contribution in [-0.4, -0.2) is 39.4 Å². The van der Waals surface area contributed by atoms with Crippen molar-refractivity contribution in [2.24, 2.45) is 0 Å². The first-order valence-electron chi connectivity index (χ1n) is 14.3. The van der Waals surface area contributed by atoms with Crippen molar-refractivity contribution in [3.8, 4) is 5.75 Å². The highest BCUT2D eigenvalue weighted by Gasteiger charge is 2.43. The first-order chi connectivity index (χ1) is 19.9. The molecular weight excluding hydrogens is 545 g/mol. The van der Waals surface area contributed by atoms with Gasteiger partial charge in [0.25, 0.3) is 0 Å². The van der Waals surface area contributed by atoms with Gasteiger partial charge in [-0.3, -0.25) is 0 Å². The van der Waals surface area contributed by atoms with Gasteiger partial charge in [-0.25, -0.2) is 14.2 Å². The van der Waals surface area contributed by atoms with Crippen LogP contribution in [0.3, 0.4) is 0 Å². The van der Waals surface area contributed by atoms with Crippen molar-refractivity contribution >= 4 is 32.7 Å². The molecule has 0 amide bonds. The summed E-state index contributed by atoms with van der Waals surface area (Å²) >= 11 is 1.37. The number of benzene rings is 2. The van der Waals surface area contributed by atoms with Gasteiger partial charge < -0.3 is 24.0 Å². The van der Waals surface area contributed by atoms with Gasteiger partial charge in [0.15, 0.2) is 10.9 Å². The minimum Gasteiger partial charge on any atom is -0.487 e. The molecule has 2 unspecified atom stereocenters. The third-order valence-electron chi connectivity index (χ3n) is 8.67. The lowest BCUT2D eigenvalue weighted by Crippen LogP contribution is -2.45. The van der Waals surface area contributed by atoms with Crippen LogP contribution in [0.15, 0.2) is 34.9 Å². The van der Waals surface area contributed by atoms with Gasteiger partial charge in [0, 0.05) is 23.6 Å². The molecule has 0 radical (unpaired) electrons. The molecule has 7 rings (SSSR count). The number of aromatic nitrogens is 2. The first-order valence-corrected chi connectivity index (χ1v) is 15.1. The second-order valence-corrected chi connectivity index (χ2v) is 12.6. The Morgan fingerprint density at radius 3 is 2.54 bits per heavy atom. The molecule has 2 atom stereocenters. The Morgan fingerprint density at radius 1 is 1.12 bits per heavy atom. The van der Waals surface area contributed by atoms with Gasteiger partial charge in [0.05, 0.1) is 23.0 Å². The smallest absolute Gasteiger partial charge is 0.335 e. The number of carbonyl (C=O) groups is 1. The first kappa shape index (κ1) is 26.4. The zero-order chi connectivity index (χ0) is 28.2. The molecule has 10 heteroatoms. The summed E-state index contributed by atoms with van der Waals surface area (Å²) in [5.41, 5.74) is 4.18. The lowest BCUT2D eigenvalue weighted by Gasteiger charge is -2.38. The van der Waals surface area contributed by atoms with Gasteiger partial charge in [0.2, 0.25) is 0 Å². The minimum atomic E-state index is -1.14. The number of carboxylic acid groups (broad SMARTS) is 1. The predicted molar refractivity (Wildman–Crippen MR) is 152 cm³/mol. The Hall–Kier alpha value is -3.50. The number of fused-ring (bicyclic) bond motifs is 3. The Labute approximate surface area is 241 Å². The Morgan fingerprint density at radius 2 is 1.85 bits per heavy atom. The summed E-state index contributed by atoms with van der Waals surface area (Å²) < 4.78 is 33.8. The summed E-state index contributed by atoms with van der Waals surface area (Å²) in [6, 6.07) is 9.17. The van der Waals surface area contributed by atoms with Crippen LogP contribution < -0.4 is 9.64 Å². The highest BCUT2D eigenvalue weighted by molar-refractivity contribution is 7.22. The molecule has 1 N–H and O–H groups in total. The summed E-state index contributed by atoms with van der Waals surface area (Å²) in [5, 5.41) is 14.5. The van der Waals surface area contributed by atoms with Crippen molar-refractivity contribution < 1.29 is 28.3 Å². The predicted octanol–water partition coefficient (Wildman–Crippen LogP) is 6.91. The van der Waals surface area contributed by atoms with E-state index in [2.05, 4.69) is 15.0 Å². The molecule has 2 aromatic heterocycles. The number of halogens is 1. The number of rotatable bonds is 9. The Balaban J connectivity index is 1.05. The monoisotopic (exact) mass is 577 g/mol. The van der Waals surface area contributed by atoms with Gasteiger partial charge in [-0.05, 0) is 75.6 Å². The van der Waals surface area contributed by atoms with E-state index < -0.39 is 11.8 Å². The Kier molecular flexibility index (Phi) is 6.70. The SMILES string of the molecule is Cc1cccc(C)c1OCc1noc(C2CC2)c1COC1CC2CCC(C1)N2c1nc2c(F)cc(C(=O)O)cc2s1. The molecule has 4 heterocycles. The third-order valence-corrected chi connectivity index (χ3v) is 9.68. The molecule has 1 aliphatic carbocycles. The van der Waals surface area contributed by atoms with Crippen LogP contribution in [0.2, 0.25) is 0 Å². The minimum absolute atomic E-state index is 0.0570. The lowest BCUT2D eigenvalue weighted by molar-refractivity contribution is 0.0140. The average molecular weight is 578 g/mol. The van der Waals surface area contributed by atoms with Crippen LogP contribution in [0.5, 0.6) is 5.75 Å². The zero-order valence-electron chi connectivity index (χ0n) is 23.1. The highest BCUT2D eigenvalue weighted by Crippen LogP contribution is 2.45. The largest absolute Gasteiger partial charge is 0.487 e. The summed E-state index contributed by atoms with van der Waals surface area (Å²) in [6.07, 6.45) is 6.07. The van der Waals surface area contributed by atoms with Gasteiger partial charge in [-0.15, -0.1) is 0 Å². The molecule has 4 aromatic rings. The van der Waals surface area contributed by atoms with Crippen LogP contribution >= 0.6 is 11.3 Å². The number of aromatic carboxylic acids is 1. The quantitative estimate of drug-likeness (QED) is 0.229. The van der Waals surface area contributed by atoms with Crippen LogP contribution in [-0.2, 0) is 18.0 Å². The molecule has 2 aromatic carbocycles. The molecule has 0 spiro atoms. The van der Waals surface area contributed by atoms with Gasteiger partial charge in [-0.2, -0.15) is 0 Å². The van der Waals surface area contributed by atoms with Crippen molar-refractivity contribution in [1.29, 1.82) is 0 Å². The van der Waals surface area contributed by atoms with E-state index >= 15 is 0 Å². The highest BCUT2D eigenvalue weighted by atomic mass is 32.1. The summed E-state index contributed by atoms with van der Waals surface area (Å²) in [7, 11) is 0. The van der Waals surface area contributed by atoms with E-state index in [0.29, 0.717) is 23.8 Å². The summed E-state index contributed by atoms with van der Waals surface area (Å²) in [4.78, 5) is 18.3. The van der Waals surface area contributed by atoms with Gasteiger partial charge in [-0.1, -0.05) is 34.7 Å². The van der Waals surface area contributed by atoms with Gasteiger partial charge >= 0.3 is 5.97 Å².